The van der Waals surface area contributed by atoms with Crippen molar-refractivity contribution in [3.05, 3.63) is 59.7 Å². The minimum Gasteiger partial charge on any atom is -0.508 e. The summed E-state index contributed by atoms with van der Waals surface area (Å²) in [7, 11) is 1.64. The average molecular weight is 328 g/mol. The molecular weight excluding hydrogens is 300 g/mol. The van der Waals surface area contributed by atoms with Crippen LogP contribution >= 0.6 is 0 Å². The van der Waals surface area contributed by atoms with Crippen molar-refractivity contribution in [2.75, 3.05) is 7.11 Å². The Morgan fingerprint density at radius 2 is 1.50 bits per heavy atom. The number of methoxy groups -OCH3 is 1. The second-order valence-electron chi connectivity index (χ2n) is 6.32. The molecule has 0 amide bonds. The van der Waals surface area contributed by atoms with Crippen molar-refractivity contribution < 1.29 is 14.6 Å². The third-order valence-electron chi connectivity index (χ3n) is 4.58. The van der Waals surface area contributed by atoms with Crippen LogP contribution in [0.2, 0.25) is 0 Å². The number of rotatable bonds is 8. The van der Waals surface area contributed by atoms with Crippen molar-refractivity contribution in [2.24, 2.45) is 0 Å². The van der Waals surface area contributed by atoms with Gasteiger partial charge in [0.15, 0.2) is 6.29 Å². The molecule has 3 nitrogen and oxygen atoms in total. The van der Waals surface area contributed by atoms with Crippen molar-refractivity contribution in [2.45, 2.75) is 51.7 Å². The number of phenolic OH excluding ortho intramolecular Hbond substituents is 1. The molecule has 0 aliphatic heterocycles. The van der Waals surface area contributed by atoms with Crippen molar-refractivity contribution in [1.82, 2.24) is 0 Å². The molecule has 0 saturated carbocycles. The second kappa shape index (κ2) is 8.74. The van der Waals surface area contributed by atoms with Crippen LogP contribution in [0.25, 0.3) is 0 Å². The van der Waals surface area contributed by atoms with Gasteiger partial charge in [-0.25, -0.2) is 0 Å². The van der Waals surface area contributed by atoms with E-state index in [1.54, 1.807) is 19.2 Å². The minimum absolute atomic E-state index is 0.243. The summed E-state index contributed by atoms with van der Waals surface area (Å²) >= 11 is 0. The third-order valence-corrected chi connectivity index (χ3v) is 4.58. The maximum absolute atomic E-state index is 9.43. The monoisotopic (exact) mass is 328 g/mol. The van der Waals surface area contributed by atoms with E-state index in [0.29, 0.717) is 17.6 Å². The summed E-state index contributed by atoms with van der Waals surface area (Å²) in [4.78, 5) is 0. The standard InChI is InChI=1S/C21H28O3/c1-5-17(14-15(2)18-6-10-20(22)11-7-18)19-8-12-21(13-9-19)24-16(3)23-4/h6-13,15-17,22H,5,14H2,1-4H3. The summed E-state index contributed by atoms with van der Waals surface area (Å²) < 4.78 is 10.8. The number of phenols is 1. The zero-order valence-corrected chi connectivity index (χ0v) is 15.0. The maximum atomic E-state index is 9.43. The molecule has 3 heteroatoms. The Hall–Kier alpha value is -2.00. The van der Waals surface area contributed by atoms with Crippen LogP contribution in [0.4, 0.5) is 0 Å². The predicted octanol–water partition coefficient (Wildman–Crippen LogP) is 5.45. The quantitative estimate of drug-likeness (QED) is 0.655. The van der Waals surface area contributed by atoms with Crippen LogP contribution in [0.5, 0.6) is 11.5 Å². The van der Waals surface area contributed by atoms with E-state index in [9.17, 15) is 5.11 Å². The molecular formula is C21H28O3. The van der Waals surface area contributed by atoms with Gasteiger partial charge in [-0.3, -0.25) is 0 Å². The lowest BCUT2D eigenvalue weighted by molar-refractivity contribution is -0.0382. The van der Waals surface area contributed by atoms with Gasteiger partial charge < -0.3 is 14.6 Å². The zero-order valence-electron chi connectivity index (χ0n) is 15.0. The van der Waals surface area contributed by atoms with Gasteiger partial charge in [0.1, 0.15) is 11.5 Å². The van der Waals surface area contributed by atoms with Crippen LogP contribution in [-0.2, 0) is 4.74 Å². The number of hydrogen-bond acceptors (Lipinski definition) is 3. The predicted molar refractivity (Wildman–Crippen MR) is 97.7 cm³/mol. The second-order valence-corrected chi connectivity index (χ2v) is 6.32. The Morgan fingerprint density at radius 3 is 2.04 bits per heavy atom. The van der Waals surface area contributed by atoms with Gasteiger partial charge in [0, 0.05) is 7.11 Å². The first-order valence-corrected chi connectivity index (χ1v) is 8.61. The number of hydrogen-bond donors (Lipinski definition) is 1. The fourth-order valence-electron chi connectivity index (χ4n) is 2.96. The molecule has 0 radical (unpaired) electrons. The Morgan fingerprint density at radius 1 is 0.917 bits per heavy atom. The molecule has 0 aliphatic carbocycles. The molecule has 1 N–H and O–H groups in total. The van der Waals surface area contributed by atoms with E-state index < -0.39 is 0 Å². The van der Waals surface area contributed by atoms with Crippen LogP contribution < -0.4 is 4.74 Å². The molecule has 2 aromatic carbocycles. The van der Waals surface area contributed by atoms with Crippen LogP contribution in [0.15, 0.2) is 48.5 Å². The highest BCUT2D eigenvalue weighted by atomic mass is 16.7. The Kier molecular flexibility index (Phi) is 6.68. The minimum atomic E-state index is -0.243. The van der Waals surface area contributed by atoms with Gasteiger partial charge in [0.05, 0.1) is 0 Å². The maximum Gasteiger partial charge on any atom is 0.196 e. The fraction of sp³-hybridized carbons (Fsp3) is 0.429. The van der Waals surface area contributed by atoms with E-state index in [-0.39, 0.29) is 6.29 Å². The van der Waals surface area contributed by atoms with E-state index in [1.807, 2.05) is 31.2 Å². The number of benzene rings is 2. The largest absolute Gasteiger partial charge is 0.508 e. The Balaban J connectivity index is 2.03. The Labute approximate surface area is 145 Å². The normalized spacial score (nSPS) is 14.8. The fourth-order valence-corrected chi connectivity index (χ4v) is 2.96. The molecule has 3 unspecified atom stereocenters. The summed E-state index contributed by atoms with van der Waals surface area (Å²) in [6.45, 7) is 6.35. The SMILES string of the molecule is CCC(CC(C)c1ccc(O)cc1)c1ccc(OC(C)OC)cc1. The number of ether oxygens (including phenoxy) is 2. The van der Waals surface area contributed by atoms with Gasteiger partial charge in [-0.1, -0.05) is 38.1 Å². The van der Waals surface area contributed by atoms with E-state index >= 15 is 0 Å². The van der Waals surface area contributed by atoms with Gasteiger partial charge in [0.2, 0.25) is 0 Å². The van der Waals surface area contributed by atoms with E-state index in [4.69, 9.17) is 9.47 Å². The van der Waals surface area contributed by atoms with E-state index in [2.05, 4.69) is 26.0 Å². The molecule has 0 aliphatic rings. The highest BCUT2D eigenvalue weighted by Crippen LogP contribution is 2.33. The first-order chi connectivity index (χ1) is 11.5. The van der Waals surface area contributed by atoms with Crippen LogP contribution in [0.1, 0.15) is 56.6 Å². The summed E-state index contributed by atoms with van der Waals surface area (Å²) in [6.07, 6.45) is 1.93. The topological polar surface area (TPSA) is 38.7 Å². The van der Waals surface area contributed by atoms with Crippen molar-refractivity contribution in [3.8, 4) is 11.5 Å². The third kappa shape index (κ3) is 5.00. The zero-order chi connectivity index (χ0) is 17.5. The average Bonchev–Trinajstić information content (AvgIpc) is 2.60. The van der Waals surface area contributed by atoms with Gasteiger partial charge in [-0.05, 0) is 67.0 Å². The molecule has 0 bridgehead atoms. The van der Waals surface area contributed by atoms with Gasteiger partial charge >= 0.3 is 0 Å². The van der Waals surface area contributed by atoms with E-state index in [0.717, 1.165) is 18.6 Å². The molecule has 2 rings (SSSR count). The van der Waals surface area contributed by atoms with Crippen molar-refractivity contribution in [3.63, 3.8) is 0 Å². The van der Waals surface area contributed by atoms with Gasteiger partial charge in [-0.2, -0.15) is 0 Å². The van der Waals surface area contributed by atoms with Crippen molar-refractivity contribution in [1.29, 1.82) is 0 Å². The molecule has 0 aromatic heterocycles. The molecule has 2 aromatic rings. The highest BCUT2D eigenvalue weighted by molar-refractivity contribution is 5.31. The summed E-state index contributed by atoms with van der Waals surface area (Å²) in [5, 5.41) is 9.43. The van der Waals surface area contributed by atoms with Crippen LogP contribution in [-0.4, -0.2) is 18.5 Å². The lowest BCUT2D eigenvalue weighted by Gasteiger charge is -2.21. The molecule has 0 spiro atoms. The lowest BCUT2D eigenvalue weighted by atomic mass is 9.84. The first-order valence-electron chi connectivity index (χ1n) is 8.61. The Bertz CT molecular complexity index is 604. The number of aromatic hydroxyl groups is 1. The molecule has 3 atom stereocenters. The van der Waals surface area contributed by atoms with Crippen molar-refractivity contribution >= 4 is 0 Å². The summed E-state index contributed by atoms with van der Waals surface area (Å²) in [6, 6.07) is 15.9. The van der Waals surface area contributed by atoms with Gasteiger partial charge in [-0.15, -0.1) is 0 Å². The van der Waals surface area contributed by atoms with Gasteiger partial charge in [0.25, 0.3) is 0 Å². The summed E-state index contributed by atoms with van der Waals surface area (Å²) in [5.74, 6) is 2.09. The molecule has 0 heterocycles. The lowest BCUT2D eigenvalue weighted by Crippen LogP contribution is -2.13. The van der Waals surface area contributed by atoms with E-state index in [1.165, 1.54) is 11.1 Å². The summed E-state index contributed by atoms with van der Waals surface area (Å²) in [5.41, 5.74) is 2.60. The van der Waals surface area contributed by atoms with Crippen LogP contribution in [0.3, 0.4) is 0 Å². The highest BCUT2D eigenvalue weighted by Gasteiger charge is 2.15. The molecule has 24 heavy (non-hydrogen) atoms. The smallest absolute Gasteiger partial charge is 0.196 e. The molecule has 0 fully saturated rings. The van der Waals surface area contributed by atoms with Crippen LogP contribution in [0, 0.1) is 0 Å². The molecule has 0 saturated heterocycles. The molecule has 130 valence electrons. The first kappa shape index (κ1) is 18.3.